The Morgan fingerprint density at radius 3 is 2.79 bits per heavy atom. The Kier molecular flexibility index (Phi) is 4.72. The Hall–Kier alpha value is -3.73. The molecule has 7 nitrogen and oxygen atoms in total. The highest BCUT2D eigenvalue weighted by atomic mass is 19.1. The summed E-state index contributed by atoms with van der Waals surface area (Å²) in [4.78, 5) is 30.4. The van der Waals surface area contributed by atoms with Gasteiger partial charge < -0.3 is 10.6 Å². The Labute approximate surface area is 166 Å². The first-order chi connectivity index (χ1) is 14.0. The van der Waals surface area contributed by atoms with E-state index < -0.39 is 23.9 Å². The largest absolute Gasteiger partial charge is 0.335 e. The average molecular weight is 391 g/mol. The molecule has 1 aliphatic heterocycles. The highest BCUT2D eigenvalue weighted by molar-refractivity contribution is 5.97. The number of carbonyl (C=O) groups is 2. The molecule has 0 radical (unpaired) electrons. The molecule has 4 rings (SSSR count). The summed E-state index contributed by atoms with van der Waals surface area (Å²) in [6, 6.07) is 7.51. The number of imide groups is 1. The summed E-state index contributed by atoms with van der Waals surface area (Å²) in [6.07, 6.45) is 4.92. The van der Waals surface area contributed by atoms with Crippen LogP contribution in [0.3, 0.4) is 0 Å². The number of nitrogens with zero attached hydrogens (tertiary/aromatic N) is 3. The van der Waals surface area contributed by atoms with Gasteiger partial charge in [0.25, 0.3) is 0 Å². The number of nitrogens with one attached hydrogen (secondary N) is 2. The molecule has 4 amide bonds. The average Bonchev–Trinajstić information content (AvgIpc) is 3.52. The molecule has 1 unspecified atom stereocenters. The third-order valence-electron chi connectivity index (χ3n) is 4.98. The van der Waals surface area contributed by atoms with Crippen molar-refractivity contribution in [1.29, 1.82) is 5.26 Å². The maximum absolute atomic E-state index is 14.9. The predicted octanol–water partition coefficient (Wildman–Crippen LogP) is 3.62. The van der Waals surface area contributed by atoms with Gasteiger partial charge in [-0.15, -0.1) is 0 Å². The summed E-state index contributed by atoms with van der Waals surface area (Å²) < 4.78 is 14.9. The minimum absolute atomic E-state index is 0.0000585. The first-order valence-corrected chi connectivity index (χ1v) is 9.21. The molecule has 2 aromatic rings. The van der Waals surface area contributed by atoms with E-state index in [4.69, 9.17) is 0 Å². The fourth-order valence-electron chi connectivity index (χ4n) is 3.33. The highest BCUT2D eigenvalue weighted by Crippen LogP contribution is 2.37. The van der Waals surface area contributed by atoms with Gasteiger partial charge in [-0.3, -0.25) is 4.98 Å². The fraction of sp³-hybridized carbons (Fsp3) is 0.238. The summed E-state index contributed by atoms with van der Waals surface area (Å²) in [5.41, 5.74) is 1.89. The van der Waals surface area contributed by atoms with Crippen LogP contribution in [-0.2, 0) is 0 Å². The van der Waals surface area contributed by atoms with E-state index in [-0.39, 0.29) is 17.2 Å². The van der Waals surface area contributed by atoms with Crippen molar-refractivity contribution in [2.24, 2.45) is 0 Å². The lowest BCUT2D eigenvalue weighted by molar-refractivity contribution is 0.172. The van der Waals surface area contributed by atoms with Crippen molar-refractivity contribution in [3.05, 3.63) is 65.4 Å². The number of aromatic nitrogens is 1. The van der Waals surface area contributed by atoms with E-state index in [1.54, 1.807) is 37.5 Å². The van der Waals surface area contributed by atoms with Gasteiger partial charge in [-0.25, -0.2) is 18.9 Å². The molecule has 1 saturated carbocycles. The first-order valence-electron chi connectivity index (χ1n) is 9.21. The minimum Gasteiger partial charge on any atom is -0.335 e. The molecule has 1 aromatic carbocycles. The lowest BCUT2D eigenvalue weighted by Gasteiger charge is -2.35. The van der Waals surface area contributed by atoms with E-state index in [1.807, 2.05) is 12.1 Å². The van der Waals surface area contributed by atoms with E-state index in [9.17, 15) is 19.2 Å². The molecule has 29 heavy (non-hydrogen) atoms. The molecule has 8 heteroatoms. The molecular formula is C21H18FN5O2. The zero-order valence-electron chi connectivity index (χ0n) is 15.6. The van der Waals surface area contributed by atoms with Crippen molar-refractivity contribution in [3.8, 4) is 17.2 Å². The molecule has 0 spiro atoms. The van der Waals surface area contributed by atoms with Crippen LogP contribution in [0.5, 0.6) is 0 Å². The van der Waals surface area contributed by atoms with Gasteiger partial charge in [-0.2, -0.15) is 5.26 Å². The lowest BCUT2D eigenvalue weighted by Crippen LogP contribution is -2.53. The number of halogens is 1. The Bertz CT molecular complexity index is 1060. The van der Waals surface area contributed by atoms with Gasteiger partial charge in [0.1, 0.15) is 11.9 Å². The van der Waals surface area contributed by atoms with Crippen LogP contribution in [0.15, 0.2) is 54.0 Å². The maximum Gasteiger partial charge on any atom is 0.330 e. The summed E-state index contributed by atoms with van der Waals surface area (Å²) in [5.74, 6) is -0.609. The maximum atomic E-state index is 14.9. The number of rotatable bonds is 3. The zero-order valence-corrected chi connectivity index (χ0v) is 15.6. The molecule has 0 saturated heterocycles. The number of allylic oxidation sites excluding steroid dienone is 1. The summed E-state index contributed by atoms with van der Waals surface area (Å²) >= 11 is 0. The van der Waals surface area contributed by atoms with Crippen LogP contribution in [-0.4, -0.2) is 28.0 Å². The van der Waals surface area contributed by atoms with Gasteiger partial charge in [0, 0.05) is 35.3 Å². The number of amides is 4. The molecule has 1 atom stereocenters. The normalized spacial score (nSPS) is 18.9. The third kappa shape index (κ3) is 3.55. The van der Waals surface area contributed by atoms with Crippen LogP contribution in [0.2, 0.25) is 0 Å². The van der Waals surface area contributed by atoms with Crippen LogP contribution in [0, 0.1) is 17.1 Å². The molecule has 1 fully saturated rings. The molecule has 1 aromatic heterocycles. The Morgan fingerprint density at radius 2 is 2.14 bits per heavy atom. The van der Waals surface area contributed by atoms with E-state index >= 15 is 0 Å². The van der Waals surface area contributed by atoms with Gasteiger partial charge in [0.05, 0.1) is 11.6 Å². The summed E-state index contributed by atoms with van der Waals surface area (Å²) in [7, 11) is 0. The zero-order chi connectivity index (χ0) is 20.5. The second-order valence-corrected chi connectivity index (χ2v) is 7.05. The smallest absolute Gasteiger partial charge is 0.330 e. The first kappa shape index (κ1) is 18.6. The second kappa shape index (κ2) is 7.36. The van der Waals surface area contributed by atoms with Crippen LogP contribution in [0.25, 0.3) is 11.1 Å². The molecule has 146 valence electrons. The van der Waals surface area contributed by atoms with Gasteiger partial charge in [-0.05, 0) is 43.5 Å². The molecule has 2 aliphatic rings. The number of urea groups is 2. The summed E-state index contributed by atoms with van der Waals surface area (Å²) in [6.45, 7) is 1.56. The van der Waals surface area contributed by atoms with Crippen LogP contribution >= 0.6 is 0 Å². The SMILES string of the molecule is CC1=C(C#N)C(c2cc(-c3cccnc3)ccc2F)N(C(=O)NC2CC2)C(=O)N1. The fourth-order valence-corrected chi connectivity index (χ4v) is 3.33. The number of hydrogen-bond donors (Lipinski definition) is 2. The van der Waals surface area contributed by atoms with Crippen LogP contribution in [0.1, 0.15) is 31.4 Å². The third-order valence-corrected chi connectivity index (χ3v) is 4.98. The van der Waals surface area contributed by atoms with Gasteiger partial charge in [-0.1, -0.05) is 12.1 Å². The van der Waals surface area contributed by atoms with Crippen molar-refractivity contribution >= 4 is 12.1 Å². The number of hydrogen-bond acceptors (Lipinski definition) is 4. The quantitative estimate of drug-likeness (QED) is 0.835. The number of carbonyl (C=O) groups excluding carboxylic acids is 2. The van der Waals surface area contributed by atoms with Crippen molar-refractivity contribution in [2.75, 3.05) is 0 Å². The van der Waals surface area contributed by atoms with Crippen molar-refractivity contribution in [2.45, 2.75) is 31.8 Å². The van der Waals surface area contributed by atoms with E-state index in [1.165, 1.54) is 6.07 Å². The summed E-state index contributed by atoms with van der Waals surface area (Å²) in [5, 5.41) is 15.0. The number of benzene rings is 1. The van der Waals surface area contributed by atoms with E-state index in [0.717, 1.165) is 23.3 Å². The van der Waals surface area contributed by atoms with Gasteiger partial charge in [0.15, 0.2) is 0 Å². The van der Waals surface area contributed by atoms with Crippen molar-refractivity contribution in [1.82, 2.24) is 20.5 Å². The monoisotopic (exact) mass is 391 g/mol. The van der Waals surface area contributed by atoms with Crippen LogP contribution < -0.4 is 10.6 Å². The molecule has 1 aliphatic carbocycles. The minimum atomic E-state index is -1.16. The predicted molar refractivity (Wildman–Crippen MR) is 103 cm³/mol. The molecule has 2 N–H and O–H groups in total. The second-order valence-electron chi connectivity index (χ2n) is 7.05. The van der Waals surface area contributed by atoms with Gasteiger partial charge in [0.2, 0.25) is 0 Å². The molecular weight excluding hydrogens is 373 g/mol. The number of pyridine rings is 1. The number of nitriles is 1. The Balaban J connectivity index is 1.84. The van der Waals surface area contributed by atoms with Gasteiger partial charge >= 0.3 is 12.1 Å². The van der Waals surface area contributed by atoms with Crippen molar-refractivity contribution < 1.29 is 14.0 Å². The highest BCUT2D eigenvalue weighted by Gasteiger charge is 2.41. The van der Waals surface area contributed by atoms with Crippen LogP contribution in [0.4, 0.5) is 14.0 Å². The lowest BCUT2D eigenvalue weighted by atomic mass is 9.92. The van der Waals surface area contributed by atoms with E-state index in [0.29, 0.717) is 11.3 Å². The van der Waals surface area contributed by atoms with E-state index in [2.05, 4.69) is 15.6 Å². The topological polar surface area (TPSA) is 98.1 Å². The Morgan fingerprint density at radius 1 is 1.34 bits per heavy atom. The molecule has 2 heterocycles. The van der Waals surface area contributed by atoms with Crippen molar-refractivity contribution in [3.63, 3.8) is 0 Å². The molecule has 0 bridgehead atoms. The standard InChI is InChI=1S/C21H18FN5O2/c1-12-17(10-23)19(27(20(28)25-12)21(29)26-15-5-6-15)16-9-13(4-7-18(16)22)14-3-2-8-24-11-14/h2-4,7-9,11,15,19H,5-6H2,1H3,(H,25,28)(H,26,29).